The number of anilines is 2. The molecule has 7 nitrogen and oxygen atoms in total. The molecule has 1 N–H and O–H groups in total. The van der Waals surface area contributed by atoms with E-state index in [0.717, 1.165) is 11.5 Å². The minimum Gasteiger partial charge on any atom is -0.408 e. The molecule has 1 aromatic carbocycles. The normalized spacial score (nSPS) is 14.1. The van der Waals surface area contributed by atoms with Crippen LogP contribution in [-0.4, -0.2) is 36.0 Å². The van der Waals surface area contributed by atoms with Crippen molar-refractivity contribution in [3.8, 4) is 0 Å². The number of aromatic nitrogens is 2. The lowest BCUT2D eigenvalue weighted by Crippen LogP contribution is -2.43. The van der Waals surface area contributed by atoms with Gasteiger partial charge in [-0.25, -0.2) is 9.78 Å². The molecule has 0 aliphatic carbocycles. The van der Waals surface area contributed by atoms with Crippen LogP contribution in [0.3, 0.4) is 0 Å². The monoisotopic (exact) mass is 310 g/mol. The molecule has 23 heavy (non-hydrogen) atoms. The SMILES string of the molecule is CN1CCN(C(=O)c2ccc3oc(=O)[nH]c3c2)c2cccnc21. The lowest BCUT2D eigenvalue weighted by atomic mass is 10.1. The third-order valence-electron chi connectivity index (χ3n) is 3.99. The van der Waals surface area contributed by atoms with Crippen LogP contribution in [0.25, 0.3) is 11.1 Å². The molecular weight excluding hydrogens is 296 g/mol. The first-order chi connectivity index (χ1) is 11.1. The van der Waals surface area contributed by atoms with Crippen LogP contribution in [0.2, 0.25) is 0 Å². The number of hydrogen-bond acceptors (Lipinski definition) is 5. The number of rotatable bonds is 1. The number of carbonyl (C=O) groups excluding carboxylic acids is 1. The van der Waals surface area contributed by atoms with Crippen LogP contribution in [0.1, 0.15) is 10.4 Å². The zero-order valence-corrected chi connectivity index (χ0v) is 12.4. The number of benzene rings is 1. The topological polar surface area (TPSA) is 82.4 Å². The van der Waals surface area contributed by atoms with E-state index >= 15 is 0 Å². The van der Waals surface area contributed by atoms with E-state index in [1.54, 1.807) is 29.3 Å². The Kier molecular flexibility index (Phi) is 2.94. The minimum absolute atomic E-state index is 0.128. The maximum atomic E-state index is 12.9. The molecule has 0 spiro atoms. The van der Waals surface area contributed by atoms with E-state index in [1.807, 2.05) is 24.1 Å². The first kappa shape index (κ1) is 13.6. The second-order valence-corrected chi connectivity index (χ2v) is 5.45. The molecule has 0 saturated carbocycles. The van der Waals surface area contributed by atoms with E-state index in [2.05, 4.69) is 9.97 Å². The van der Waals surface area contributed by atoms with Gasteiger partial charge in [0.1, 0.15) is 0 Å². The van der Waals surface area contributed by atoms with E-state index in [4.69, 9.17) is 4.42 Å². The molecule has 3 aromatic rings. The number of nitrogens with one attached hydrogen (secondary N) is 1. The van der Waals surface area contributed by atoms with Crippen molar-refractivity contribution in [1.82, 2.24) is 9.97 Å². The summed E-state index contributed by atoms with van der Waals surface area (Å²) < 4.78 is 4.97. The maximum Gasteiger partial charge on any atom is 0.417 e. The highest BCUT2D eigenvalue weighted by molar-refractivity contribution is 6.09. The van der Waals surface area contributed by atoms with Crippen LogP contribution in [0.5, 0.6) is 0 Å². The van der Waals surface area contributed by atoms with Crippen molar-refractivity contribution in [2.24, 2.45) is 0 Å². The van der Waals surface area contributed by atoms with E-state index in [1.165, 1.54) is 0 Å². The number of nitrogens with zero attached hydrogens (tertiary/aromatic N) is 3. The van der Waals surface area contributed by atoms with Gasteiger partial charge in [0.25, 0.3) is 5.91 Å². The third-order valence-corrected chi connectivity index (χ3v) is 3.99. The standard InChI is InChI=1S/C16H14N4O3/c1-19-7-8-20(12-3-2-6-17-14(12)19)15(21)10-4-5-13-11(9-10)18-16(22)23-13/h2-6,9H,7-8H2,1H3,(H,18,22). The summed E-state index contributed by atoms with van der Waals surface area (Å²) in [6.07, 6.45) is 1.71. The predicted molar refractivity (Wildman–Crippen MR) is 86.0 cm³/mol. The number of likely N-dealkylation sites (N-methyl/N-ethyl adjacent to an activating group) is 1. The van der Waals surface area contributed by atoms with Crippen LogP contribution >= 0.6 is 0 Å². The summed E-state index contributed by atoms with van der Waals surface area (Å²) in [5, 5.41) is 0. The molecule has 0 atom stereocenters. The molecule has 4 rings (SSSR count). The highest BCUT2D eigenvalue weighted by Crippen LogP contribution is 2.30. The van der Waals surface area contributed by atoms with Crippen LogP contribution in [-0.2, 0) is 0 Å². The van der Waals surface area contributed by atoms with Crippen LogP contribution in [0.4, 0.5) is 11.5 Å². The average molecular weight is 310 g/mol. The molecular formula is C16H14N4O3. The Morgan fingerprint density at radius 2 is 2.17 bits per heavy atom. The van der Waals surface area contributed by atoms with Gasteiger partial charge < -0.3 is 14.2 Å². The molecule has 7 heteroatoms. The lowest BCUT2D eigenvalue weighted by Gasteiger charge is -2.34. The van der Waals surface area contributed by atoms with E-state index < -0.39 is 5.76 Å². The zero-order chi connectivity index (χ0) is 16.0. The molecule has 1 aliphatic rings. The van der Waals surface area contributed by atoms with Gasteiger partial charge in [-0.1, -0.05) is 0 Å². The summed E-state index contributed by atoms with van der Waals surface area (Å²) >= 11 is 0. The highest BCUT2D eigenvalue weighted by Gasteiger charge is 2.26. The van der Waals surface area contributed by atoms with Gasteiger partial charge in [-0.05, 0) is 30.3 Å². The fraction of sp³-hybridized carbons (Fsp3) is 0.188. The van der Waals surface area contributed by atoms with Gasteiger partial charge in [0, 0.05) is 31.9 Å². The van der Waals surface area contributed by atoms with Crippen molar-refractivity contribution < 1.29 is 9.21 Å². The predicted octanol–water partition coefficient (Wildman–Crippen LogP) is 1.61. The number of oxazole rings is 1. The minimum atomic E-state index is -0.529. The number of aromatic amines is 1. The number of carbonyl (C=O) groups is 1. The Bertz CT molecular complexity index is 959. The van der Waals surface area contributed by atoms with Crippen LogP contribution < -0.4 is 15.6 Å². The van der Waals surface area contributed by atoms with E-state index in [0.29, 0.717) is 29.8 Å². The van der Waals surface area contributed by atoms with Crippen molar-refractivity contribution in [2.45, 2.75) is 0 Å². The molecule has 0 radical (unpaired) electrons. The van der Waals surface area contributed by atoms with Gasteiger partial charge in [0.05, 0.1) is 11.2 Å². The number of pyridine rings is 1. The molecule has 0 unspecified atom stereocenters. The zero-order valence-electron chi connectivity index (χ0n) is 12.4. The summed E-state index contributed by atoms with van der Waals surface area (Å²) in [7, 11) is 1.95. The molecule has 0 fully saturated rings. The molecule has 1 amide bonds. The Labute approximate surface area is 131 Å². The Hall–Kier alpha value is -3.09. The van der Waals surface area contributed by atoms with Gasteiger partial charge >= 0.3 is 5.76 Å². The summed E-state index contributed by atoms with van der Waals surface area (Å²) in [5.74, 6) is 0.125. The highest BCUT2D eigenvalue weighted by atomic mass is 16.4. The fourth-order valence-corrected chi connectivity index (χ4v) is 2.82. The maximum absolute atomic E-state index is 12.9. The Morgan fingerprint density at radius 3 is 3.04 bits per heavy atom. The fourth-order valence-electron chi connectivity index (χ4n) is 2.82. The third kappa shape index (κ3) is 2.17. The number of H-pyrrole nitrogens is 1. The second-order valence-electron chi connectivity index (χ2n) is 5.45. The Morgan fingerprint density at radius 1 is 1.30 bits per heavy atom. The van der Waals surface area contributed by atoms with Gasteiger partial charge in [0.2, 0.25) is 0 Å². The smallest absolute Gasteiger partial charge is 0.408 e. The molecule has 3 heterocycles. The average Bonchev–Trinajstić information content (AvgIpc) is 2.94. The van der Waals surface area contributed by atoms with Crippen molar-refractivity contribution in [3.63, 3.8) is 0 Å². The summed E-state index contributed by atoms with van der Waals surface area (Å²) in [5.41, 5.74) is 2.23. The van der Waals surface area contributed by atoms with Crippen molar-refractivity contribution in [1.29, 1.82) is 0 Å². The summed E-state index contributed by atoms with van der Waals surface area (Å²) in [4.78, 5) is 34.8. The summed E-state index contributed by atoms with van der Waals surface area (Å²) in [6.45, 7) is 1.29. The molecule has 116 valence electrons. The van der Waals surface area contributed by atoms with Crippen molar-refractivity contribution in [3.05, 3.63) is 52.6 Å². The molecule has 0 bridgehead atoms. The number of hydrogen-bond donors (Lipinski definition) is 1. The van der Waals surface area contributed by atoms with Crippen LogP contribution in [0.15, 0.2) is 45.7 Å². The van der Waals surface area contributed by atoms with E-state index in [-0.39, 0.29) is 5.91 Å². The molecule has 0 saturated heterocycles. The largest absolute Gasteiger partial charge is 0.417 e. The van der Waals surface area contributed by atoms with Gasteiger partial charge in [-0.2, -0.15) is 0 Å². The van der Waals surface area contributed by atoms with Gasteiger partial charge in [-0.15, -0.1) is 0 Å². The second kappa shape index (κ2) is 4.98. The molecule has 2 aromatic heterocycles. The van der Waals surface area contributed by atoms with E-state index in [9.17, 15) is 9.59 Å². The first-order valence-electron chi connectivity index (χ1n) is 7.24. The summed E-state index contributed by atoms with van der Waals surface area (Å²) in [6, 6.07) is 8.62. The van der Waals surface area contributed by atoms with Gasteiger partial charge in [0.15, 0.2) is 11.4 Å². The number of amides is 1. The van der Waals surface area contributed by atoms with Crippen molar-refractivity contribution >= 4 is 28.5 Å². The van der Waals surface area contributed by atoms with Crippen LogP contribution in [0, 0.1) is 0 Å². The number of fused-ring (bicyclic) bond motifs is 2. The quantitative estimate of drug-likeness (QED) is 0.738. The Balaban J connectivity index is 1.76. The van der Waals surface area contributed by atoms with Crippen molar-refractivity contribution in [2.75, 3.05) is 29.9 Å². The molecule has 1 aliphatic heterocycles. The lowest BCUT2D eigenvalue weighted by molar-refractivity contribution is 0.0986. The van der Waals surface area contributed by atoms with Gasteiger partial charge in [-0.3, -0.25) is 9.78 Å². The first-order valence-corrected chi connectivity index (χ1v) is 7.24.